The van der Waals surface area contributed by atoms with Crippen LogP contribution in [0.15, 0.2) is 18.3 Å². The maximum atomic E-state index is 14.3. The molecule has 8 heteroatoms. The summed E-state index contributed by atoms with van der Waals surface area (Å²) in [6, 6.07) is 4.33. The highest BCUT2D eigenvalue weighted by atomic mass is 35.5. The summed E-state index contributed by atoms with van der Waals surface area (Å²) in [5.74, 6) is -1.76. The fraction of sp³-hybridized carbons (Fsp3) is 0.0714. The number of nitrogen functional groups attached to an aromatic ring is 1. The Morgan fingerprint density at radius 2 is 2.23 bits per heavy atom. The Kier molecular flexibility index (Phi) is 4.15. The first-order chi connectivity index (χ1) is 10.5. The minimum Gasteiger partial charge on any atom is -0.464 e. The lowest BCUT2D eigenvalue weighted by Gasteiger charge is -2.11. The zero-order chi connectivity index (χ0) is 16.4. The smallest absolute Gasteiger partial charge is 0.357 e. The van der Waals surface area contributed by atoms with Gasteiger partial charge in [0.2, 0.25) is 0 Å². The molecule has 2 N–H and O–H groups in total. The summed E-state index contributed by atoms with van der Waals surface area (Å²) in [4.78, 5) is 22.6. The number of rotatable bonds is 3. The van der Waals surface area contributed by atoms with Crippen LogP contribution in [0.5, 0.6) is 0 Å². The van der Waals surface area contributed by atoms with E-state index in [0.717, 1.165) is 11.7 Å². The van der Waals surface area contributed by atoms with E-state index in [9.17, 15) is 14.0 Å². The predicted octanol–water partition coefficient (Wildman–Crippen LogP) is 2.32. The van der Waals surface area contributed by atoms with Gasteiger partial charge in [0.1, 0.15) is 6.07 Å². The number of nitrogens with zero attached hydrogens (tertiary/aromatic N) is 2. The molecule has 0 saturated heterocycles. The van der Waals surface area contributed by atoms with Crippen molar-refractivity contribution in [2.75, 3.05) is 12.8 Å². The second-order valence-electron chi connectivity index (χ2n) is 4.20. The molecule has 0 fully saturated rings. The second-order valence-corrected chi connectivity index (χ2v) is 4.58. The Labute approximate surface area is 129 Å². The van der Waals surface area contributed by atoms with Crippen molar-refractivity contribution in [3.05, 3.63) is 46.0 Å². The number of halogens is 2. The van der Waals surface area contributed by atoms with E-state index >= 15 is 0 Å². The first-order valence-corrected chi connectivity index (χ1v) is 6.26. The number of nitriles is 1. The molecule has 1 heterocycles. The van der Waals surface area contributed by atoms with Gasteiger partial charge in [-0.25, -0.2) is 9.18 Å². The van der Waals surface area contributed by atoms with E-state index in [-0.39, 0.29) is 28.2 Å². The zero-order valence-corrected chi connectivity index (χ0v) is 12.0. The fourth-order valence-corrected chi connectivity index (χ4v) is 2.14. The number of ether oxygens (including phenoxy) is 1. The Morgan fingerprint density at radius 3 is 2.77 bits per heavy atom. The average Bonchev–Trinajstić information content (AvgIpc) is 2.85. The molecule has 0 saturated carbocycles. The van der Waals surface area contributed by atoms with Crippen LogP contribution >= 0.6 is 11.6 Å². The summed E-state index contributed by atoms with van der Waals surface area (Å²) >= 11 is 5.76. The molecule has 6 nitrogen and oxygen atoms in total. The van der Waals surface area contributed by atoms with Crippen LogP contribution in [0.3, 0.4) is 0 Å². The summed E-state index contributed by atoms with van der Waals surface area (Å²) in [7, 11) is 1.13. The third kappa shape index (κ3) is 2.29. The first kappa shape index (κ1) is 15.5. The highest BCUT2D eigenvalue weighted by Gasteiger charge is 2.24. The average molecular weight is 322 g/mol. The second kappa shape index (κ2) is 5.87. The number of carbonyl (C=O) groups excluding carboxylic acids is 2. The van der Waals surface area contributed by atoms with Gasteiger partial charge in [-0.15, -0.1) is 0 Å². The van der Waals surface area contributed by atoms with Crippen LogP contribution in [0.4, 0.5) is 10.1 Å². The van der Waals surface area contributed by atoms with Gasteiger partial charge >= 0.3 is 5.97 Å². The van der Waals surface area contributed by atoms with Crippen molar-refractivity contribution in [1.82, 2.24) is 4.57 Å². The first-order valence-electron chi connectivity index (χ1n) is 5.89. The number of esters is 1. The number of methoxy groups -OCH3 is 1. The molecule has 0 bridgehead atoms. The van der Waals surface area contributed by atoms with Crippen molar-refractivity contribution >= 4 is 29.5 Å². The Balaban J connectivity index is 2.79. The largest absolute Gasteiger partial charge is 0.464 e. The predicted molar refractivity (Wildman–Crippen MR) is 76.6 cm³/mol. The summed E-state index contributed by atoms with van der Waals surface area (Å²) < 4.78 is 20.0. The Bertz CT molecular complexity index is 824. The maximum Gasteiger partial charge on any atom is 0.357 e. The van der Waals surface area contributed by atoms with Crippen molar-refractivity contribution in [3.63, 3.8) is 0 Å². The molecule has 2 aromatic rings. The summed E-state index contributed by atoms with van der Waals surface area (Å²) in [5, 5.41) is 8.61. The van der Waals surface area contributed by atoms with Gasteiger partial charge in [0.25, 0.3) is 0 Å². The van der Waals surface area contributed by atoms with Gasteiger partial charge in [-0.3, -0.25) is 4.79 Å². The van der Waals surface area contributed by atoms with Crippen LogP contribution in [-0.4, -0.2) is 23.9 Å². The lowest BCUT2D eigenvalue weighted by Crippen LogP contribution is -2.12. The molecule has 0 aliphatic rings. The normalized spacial score (nSPS) is 10.1. The van der Waals surface area contributed by atoms with E-state index in [1.165, 1.54) is 18.3 Å². The number of carbonyl (C=O) groups is 2. The number of aldehydes is 1. The number of nitrogens with two attached hydrogens (primary N) is 1. The summed E-state index contributed by atoms with van der Waals surface area (Å²) in [6.07, 6.45) is 1.60. The number of hydrogen-bond acceptors (Lipinski definition) is 5. The highest BCUT2D eigenvalue weighted by Crippen LogP contribution is 2.30. The van der Waals surface area contributed by atoms with Crippen LogP contribution < -0.4 is 5.73 Å². The van der Waals surface area contributed by atoms with Crippen LogP contribution in [0.2, 0.25) is 5.02 Å². The van der Waals surface area contributed by atoms with Crippen LogP contribution in [-0.2, 0) is 4.74 Å². The molecule has 0 radical (unpaired) electrons. The van der Waals surface area contributed by atoms with E-state index in [4.69, 9.17) is 22.6 Å². The van der Waals surface area contributed by atoms with Gasteiger partial charge in [-0.2, -0.15) is 5.26 Å². The van der Waals surface area contributed by atoms with Crippen molar-refractivity contribution in [1.29, 1.82) is 5.26 Å². The Hall–Kier alpha value is -2.85. The molecule has 112 valence electrons. The minimum atomic E-state index is -0.920. The van der Waals surface area contributed by atoms with Crippen LogP contribution in [0, 0.1) is 17.1 Å². The lowest BCUT2D eigenvalue weighted by atomic mass is 10.2. The summed E-state index contributed by atoms with van der Waals surface area (Å²) in [6.45, 7) is 0. The van der Waals surface area contributed by atoms with E-state index < -0.39 is 16.8 Å². The number of benzene rings is 1. The quantitative estimate of drug-likeness (QED) is 0.691. The van der Waals surface area contributed by atoms with E-state index in [1.54, 1.807) is 6.07 Å². The van der Waals surface area contributed by atoms with Crippen molar-refractivity contribution in [3.8, 4) is 11.8 Å². The van der Waals surface area contributed by atoms with Crippen molar-refractivity contribution in [2.24, 2.45) is 0 Å². The van der Waals surface area contributed by atoms with E-state index in [1.807, 2.05) is 0 Å². The minimum absolute atomic E-state index is 0.0182. The molecule has 1 aromatic heterocycles. The van der Waals surface area contributed by atoms with E-state index in [2.05, 4.69) is 4.74 Å². The topological polar surface area (TPSA) is 98.1 Å². The standard InChI is InChI=1S/C14H9ClFN3O3/c1-22-14(21)13-12(18)8(4-17)5-19(13)9-3-2-7(6-20)10(15)11(9)16/h2-3,5-6H,18H2,1H3. The van der Waals surface area contributed by atoms with Gasteiger partial charge in [0, 0.05) is 11.8 Å². The molecule has 1 aromatic carbocycles. The third-order valence-corrected chi connectivity index (χ3v) is 3.41. The number of aromatic nitrogens is 1. The van der Waals surface area contributed by atoms with Gasteiger partial charge < -0.3 is 15.0 Å². The van der Waals surface area contributed by atoms with Crippen molar-refractivity contribution < 1.29 is 18.7 Å². The molecule has 0 unspecified atom stereocenters. The number of hydrogen-bond donors (Lipinski definition) is 1. The third-order valence-electron chi connectivity index (χ3n) is 3.02. The van der Waals surface area contributed by atoms with Crippen LogP contribution in [0.1, 0.15) is 26.4 Å². The maximum absolute atomic E-state index is 14.3. The molecule has 0 aliphatic heterocycles. The Morgan fingerprint density at radius 1 is 1.55 bits per heavy atom. The molecular weight excluding hydrogens is 313 g/mol. The van der Waals surface area contributed by atoms with Crippen LogP contribution in [0.25, 0.3) is 5.69 Å². The van der Waals surface area contributed by atoms with Crippen molar-refractivity contribution in [2.45, 2.75) is 0 Å². The monoisotopic (exact) mass is 321 g/mol. The molecular formula is C14H9ClFN3O3. The molecule has 0 aliphatic carbocycles. The lowest BCUT2D eigenvalue weighted by molar-refractivity contribution is 0.0592. The van der Waals surface area contributed by atoms with Gasteiger partial charge in [-0.1, -0.05) is 11.6 Å². The molecule has 0 atom stereocenters. The molecule has 0 amide bonds. The highest BCUT2D eigenvalue weighted by molar-refractivity contribution is 6.33. The number of anilines is 1. The molecule has 22 heavy (non-hydrogen) atoms. The van der Waals surface area contributed by atoms with E-state index in [0.29, 0.717) is 6.29 Å². The molecule has 2 rings (SSSR count). The van der Waals surface area contributed by atoms with Gasteiger partial charge in [-0.05, 0) is 12.1 Å². The molecule has 0 spiro atoms. The SMILES string of the molecule is COC(=O)c1c(N)c(C#N)cn1-c1ccc(C=O)c(Cl)c1F. The van der Waals surface area contributed by atoms with Gasteiger partial charge in [0.05, 0.1) is 29.1 Å². The zero-order valence-electron chi connectivity index (χ0n) is 11.3. The van der Waals surface area contributed by atoms with Gasteiger partial charge in [0.15, 0.2) is 17.8 Å². The fourth-order valence-electron chi connectivity index (χ4n) is 1.94. The summed E-state index contributed by atoms with van der Waals surface area (Å²) in [5.41, 5.74) is 5.19.